The number of phenolic OH excluding ortho intramolecular Hbond substituents is 1. The maximum Gasteiger partial charge on any atom is 0.341 e. The number of benzene rings is 2. The summed E-state index contributed by atoms with van der Waals surface area (Å²) >= 11 is 0. The Hall–Kier alpha value is -3.59. The first-order valence-corrected chi connectivity index (χ1v) is 10.7. The number of rotatable bonds is 4. The molecule has 1 aromatic heterocycles. The van der Waals surface area contributed by atoms with Gasteiger partial charge in [-0.25, -0.2) is 9.18 Å². The summed E-state index contributed by atoms with van der Waals surface area (Å²) < 4.78 is 22.7. The Kier molecular flexibility index (Phi) is 5.01. The molecule has 2 aromatic carbocycles. The number of carboxylic acid groups (broad SMARTS) is 1. The molecule has 0 aliphatic carbocycles. The van der Waals surface area contributed by atoms with Crippen molar-refractivity contribution in [1.29, 1.82) is 0 Å². The number of hydrogen-bond acceptors (Lipinski definition) is 6. The highest BCUT2D eigenvalue weighted by molar-refractivity contribution is 5.97. The van der Waals surface area contributed by atoms with Gasteiger partial charge in [0.2, 0.25) is 5.43 Å². The van der Waals surface area contributed by atoms with Crippen molar-refractivity contribution in [2.24, 2.45) is 5.92 Å². The summed E-state index contributed by atoms with van der Waals surface area (Å²) in [5, 5.41) is 19.2. The number of carboxylic acids is 1. The maximum absolute atomic E-state index is 15.5. The number of likely N-dealkylation sites (tertiary alicyclic amines) is 1. The fraction of sp³-hybridized carbons (Fsp3) is 0.333. The number of fused-ring (bicyclic) bond motifs is 2. The molecule has 0 bridgehead atoms. The molecular weight excluding hydrogens is 429 g/mol. The van der Waals surface area contributed by atoms with E-state index < -0.39 is 22.8 Å². The van der Waals surface area contributed by atoms with Crippen LogP contribution in [0, 0.1) is 11.7 Å². The molecule has 2 atom stereocenters. The zero-order chi connectivity index (χ0) is 23.4. The first-order chi connectivity index (χ1) is 15.8. The van der Waals surface area contributed by atoms with E-state index in [0.29, 0.717) is 30.7 Å². The lowest BCUT2D eigenvalue weighted by atomic mass is 10.1. The predicted molar refractivity (Wildman–Crippen MR) is 121 cm³/mol. The molecule has 0 saturated carbocycles. The molecule has 5 rings (SSSR count). The predicted octanol–water partition coefficient (Wildman–Crippen LogP) is 2.68. The molecule has 0 spiro atoms. The van der Waals surface area contributed by atoms with Crippen LogP contribution in [-0.2, 0) is 0 Å². The van der Waals surface area contributed by atoms with E-state index in [0.717, 1.165) is 19.0 Å². The molecule has 2 fully saturated rings. The molecule has 2 saturated heterocycles. The summed E-state index contributed by atoms with van der Waals surface area (Å²) in [5.74, 6) is -1.40. The highest BCUT2D eigenvalue weighted by Crippen LogP contribution is 2.43. The van der Waals surface area contributed by atoms with Crippen LogP contribution in [0.25, 0.3) is 16.6 Å². The van der Waals surface area contributed by atoms with Crippen LogP contribution in [0.4, 0.5) is 10.1 Å². The van der Waals surface area contributed by atoms with Crippen molar-refractivity contribution in [3.8, 4) is 17.2 Å². The van der Waals surface area contributed by atoms with Crippen molar-refractivity contribution < 1.29 is 24.1 Å². The number of hydrogen-bond donors (Lipinski definition) is 2. The van der Waals surface area contributed by atoms with E-state index in [4.69, 9.17) is 4.74 Å². The average molecular weight is 453 g/mol. The van der Waals surface area contributed by atoms with Crippen LogP contribution in [0.3, 0.4) is 0 Å². The lowest BCUT2D eigenvalue weighted by Gasteiger charge is -2.26. The molecule has 172 valence electrons. The number of likely N-dealkylation sites (N-methyl/N-ethyl adjacent to an activating group) is 1. The van der Waals surface area contributed by atoms with Crippen molar-refractivity contribution in [2.75, 3.05) is 38.7 Å². The fourth-order valence-corrected chi connectivity index (χ4v) is 5.23. The number of aromatic nitrogens is 1. The Bertz CT molecular complexity index is 1320. The van der Waals surface area contributed by atoms with Gasteiger partial charge in [-0.1, -0.05) is 0 Å². The van der Waals surface area contributed by atoms with Gasteiger partial charge in [0.25, 0.3) is 0 Å². The van der Waals surface area contributed by atoms with Crippen molar-refractivity contribution in [3.63, 3.8) is 0 Å². The van der Waals surface area contributed by atoms with Crippen molar-refractivity contribution >= 4 is 22.6 Å². The van der Waals surface area contributed by atoms with Crippen LogP contribution in [0.15, 0.2) is 41.3 Å². The zero-order valence-electron chi connectivity index (χ0n) is 18.3. The second kappa shape index (κ2) is 7.77. The maximum atomic E-state index is 15.5. The summed E-state index contributed by atoms with van der Waals surface area (Å²) in [6, 6.07) is 7.50. The highest BCUT2D eigenvalue weighted by atomic mass is 19.1. The number of nitrogens with zero attached hydrogens (tertiary/aromatic N) is 3. The van der Waals surface area contributed by atoms with Crippen molar-refractivity contribution in [2.45, 2.75) is 12.5 Å². The SMILES string of the molecule is COc1c(N2CC3CCN(C)C3C2)c(F)cc2c(=O)c(C(=O)O)cn(-c3ccc(O)cc3)c12. The highest BCUT2D eigenvalue weighted by Gasteiger charge is 2.41. The third-order valence-corrected chi connectivity index (χ3v) is 6.87. The van der Waals surface area contributed by atoms with E-state index in [1.807, 2.05) is 4.90 Å². The smallest absolute Gasteiger partial charge is 0.341 e. The van der Waals surface area contributed by atoms with E-state index in [1.165, 1.54) is 30.0 Å². The molecule has 2 unspecified atom stereocenters. The van der Waals surface area contributed by atoms with E-state index in [9.17, 15) is 19.8 Å². The van der Waals surface area contributed by atoms with Gasteiger partial charge in [-0.2, -0.15) is 0 Å². The number of carbonyl (C=O) groups is 1. The van der Waals surface area contributed by atoms with Gasteiger partial charge in [-0.05, 0) is 56.3 Å². The summed E-state index contributed by atoms with van der Waals surface area (Å²) in [6.07, 6.45) is 2.26. The van der Waals surface area contributed by atoms with Crippen molar-refractivity contribution in [3.05, 3.63) is 58.1 Å². The summed E-state index contributed by atoms with van der Waals surface area (Å²) in [7, 11) is 3.48. The topological polar surface area (TPSA) is 95.2 Å². The van der Waals surface area contributed by atoms with Crippen LogP contribution in [0.1, 0.15) is 16.8 Å². The van der Waals surface area contributed by atoms with E-state index in [-0.39, 0.29) is 28.1 Å². The lowest BCUT2D eigenvalue weighted by molar-refractivity contribution is 0.0695. The number of ether oxygens (including phenoxy) is 1. The second-order valence-corrected chi connectivity index (χ2v) is 8.70. The van der Waals surface area contributed by atoms with Gasteiger partial charge in [-0.15, -0.1) is 0 Å². The van der Waals surface area contributed by atoms with Crippen LogP contribution in [-0.4, -0.2) is 65.5 Å². The first-order valence-electron chi connectivity index (χ1n) is 10.7. The largest absolute Gasteiger partial charge is 0.508 e. The normalized spacial score (nSPS) is 20.4. The van der Waals surface area contributed by atoms with Crippen LogP contribution >= 0.6 is 0 Å². The van der Waals surface area contributed by atoms with E-state index in [1.54, 1.807) is 12.1 Å². The van der Waals surface area contributed by atoms with Gasteiger partial charge in [0.15, 0.2) is 11.6 Å². The van der Waals surface area contributed by atoms with Gasteiger partial charge >= 0.3 is 5.97 Å². The molecule has 2 aliphatic heterocycles. The van der Waals surface area contributed by atoms with E-state index in [2.05, 4.69) is 11.9 Å². The number of methoxy groups -OCH3 is 1. The number of aromatic hydroxyl groups is 1. The number of anilines is 1. The summed E-state index contributed by atoms with van der Waals surface area (Å²) in [5.41, 5.74) is -0.228. The zero-order valence-corrected chi connectivity index (χ0v) is 18.3. The van der Waals surface area contributed by atoms with Gasteiger partial charge in [0.05, 0.1) is 12.5 Å². The Morgan fingerprint density at radius 3 is 2.58 bits per heavy atom. The Labute approximate surface area is 189 Å². The molecule has 3 heterocycles. The molecule has 8 nitrogen and oxygen atoms in total. The summed E-state index contributed by atoms with van der Waals surface area (Å²) in [6.45, 7) is 2.32. The quantitative estimate of drug-likeness (QED) is 0.627. The van der Waals surface area contributed by atoms with Gasteiger partial charge < -0.3 is 29.3 Å². The molecular formula is C24H24FN3O5. The standard InChI is InChI=1S/C24H24FN3O5/c1-26-8-7-13-10-27(12-19(13)26)21-18(25)9-16-20(23(21)33-2)28(11-17(22(16)30)24(31)32)14-3-5-15(29)6-4-14/h3-6,9,11,13,19,29H,7-8,10,12H2,1-2H3,(H,31,32). The minimum absolute atomic E-state index is 0.0361. The number of phenols is 1. The molecule has 33 heavy (non-hydrogen) atoms. The number of halogens is 1. The third-order valence-electron chi connectivity index (χ3n) is 6.87. The van der Waals surface area contributed by atoms with Crippen molar-refractivity contribution in [1.82, 2.24) is 9.47 Å². The third kappa shape index (κ3) is 3.31. The Balaban J connectivity index is 1.79. The number of pyridine rings is 1. The first kappa shape index (κ1) is 21.3. The van der Waals surface area contributed by atoms with E-state index >= 15 is 4.39 Å². The fourth-order valence-electron chi connectivity index (χ4n) is 5.23. The van der Waals surface area contributed by atoms with Gasteiger partial charge in [0.1, 0.15) is 22.5 Å². The molecule has 2 N–H and O–H groups in total. The minimum Gasteiger partial charge on any atom is -0.508 e. The molecule has 9 heteroatoms. The van der Waals surface area contributed by atoms with Crippen LogP contribution in [0.5, 0.6) is 11.5 Å². The Morgan fingerprint density at radius 2 is 1.94 bits per heavy atom. The lowest BCUT2D eigenvalue weighted by Crippen LogP contribution is -2.32. The molecule has 2 aliphatic rings. The minimum atomic E-state index is -1.41. The molecule has 0 radical (unpaired) electrons. The van der Waals surface area contributed by atoms with Crippen LogP contribution in [0.2, 0.25) is 0 Å². The van der Waals surface area contributed by atoms with Gasteiger partial charge in [-0.3, -0.25) is 4.79 Å². The second-order valence-electron chi connectivity index (χ2n) is 8.70. The Morgan fingerprint density at radius 1 is 1.21 bits per heavy atom. The average Bonchev–Trinajstić information content (AvgIpc) is 3.35. The number of aromatic carboxylic acids is 1. The monoisotopic (exact) mass is 453 g/mol. The molecule has 0 amide bonds. The van der Waals surface area contributed by atoms with Crippen LogP contribution < -0.4 is 15.1 Å². The van der Waals surface area contributed by atoms with Gasteiger partial charge in [0, 0.05) is 31.0 Å². The molecule has 3 aromatic rings. The summed E-state index contributed by atoms with van der Waals surface area (Å²) in [4.78, 5) is 29.0.